The highest BCUT2D eigenvalue weighted by Gasteiger charge is 2.13. The Balaban J connectivity index is 2.01. The fourth-order valence-electron chi connectivity index (χ4n) is 2.07. The van der Waals surface area contributed by atoms with Crippen molar-refractivity contribution in [1.29, 1.82) is 0 Å². The fraction of sp³-hybridized carbons (Fsp3) is 0.429. The first kappa shape index (κ1) is 14.9. The zero-order valence-electron chi connectivity index (χ0n) is 11.3. The Morgan fingerprint density at radius 2 is 2.20 bits per heavy atom. The van der Waals surface area contributed by atoms with Gasteiger partial charge >= 0.3 is 0 Å². The largest absolute Gasteiger partial charge is 0.392 e. The number of aromatic nitrogens is 3. The molecule has 0 amide bonds. The highest BCUT2D eigenvalue weighted by molar-refractivity contribution is 6.31. The van der Waals surface area contributed by atoms with E-state index in [-0.39, 0.29) is 5.82 Å². The lowest BCUT2D eigenvalue weighted by atomic mass is 10.1. The van der Waals surface area contributed by atoms with Crippen molar-refractivity contribution in [2.45, 2.75) is 38.8 Å². The molecule has 108 valence electrons. The Bertz CT molecular complexity index is 573. The fourth-order valence-corrected chi connectivity index (χ4v) is 2.31. The topological polar surface area (TPSA) is 50.9 Å². The normalized spacial score (nSPS) is 12.6. The maximum atomic E-state index is 13.0. The van der Waals surface area contributed by atoms with E-state index in [9.17, 15) is 9.50 Å². The number of aryl methyl sites for hydroxylation is 1. The Morgan fingerprint density at radius 1 is 1.40 bits per heavy atom. The lowest BCUT2D eigenvalue weighted by Crippen LogP contribution is -2.18. The molecule has 2 rings (SSSR count). The van der Waals surface area contributed by atoms with Gasteiger partial charge in [0.2, 0.25) is 0 Å². The Labute approximate surface area is 122 Å². The van der Waals surface area contributed by atoms with Gasteiger partial charge in [-0.25, -0.2) is 9.37 Å². The van der Waals surface area contributed by atoms with Gasteiger partial charge in [0.1, 0.15) is 18.0 Å². The summed E-state index contributed by atoms with van der Waals surface area (Å²) < 4.78 is 14.7. The lowest BCUT2D eigenvalue weighted by molar-refractivity contribution is 0.171. The minimum Gasteiger partial charge on any atom is -0.392 e. The van der Waals surface area contributed by atoms with E-state index in [2.05, 4.69) is 17.0 Å². The van der Waals surface area contributed by atoms with Gasteiger partial charge in [0, 0.05) is 24.4 Å². The van der Waals surface area contributed by atoms with Crippen LogP contribution in [0.15, 0.2) is 24.5 Å². The van der Waals surface area contributed by atoms with Crippen LogP contribution in [0.4, 0.5) is 4.39 Å². The van der Waals surface area contributed by atoms with Crippen molar-refractivity contribution in [2.24, 2.45) is 0 Å². The maximum absolute atomic E-state index is 13.0. The van der Waals surface area contributed by atoms with Crippen molar-refractivity contribution < 1.29 is 9.50 Å². The molecular weight excluding hydrogens is 281 g/mol. The number of rotatable bonds is 6. The third-order valence-electron chi connectivity index (χ3n) is 3.02. The molecule has 20 heavy (non-hydrogen) atoms. The minimum atomic E-state index is -0.627. The lowest BCUT2D eigenvalue weighted by Gasteiger charge is -2.12. The van der Waals surface area contributed by atoms with Crippen LogP contribution in [-0.2, 0) is 19.4 Å². The second-order valence-corrected chi connectivity index (χ2v) is 5.10. The standard InChI is InChI=1S/C14H17ClFN3O/c1-2-5-19-14(17-9-18-19)8-12(20)6-10-3-4-11(16)7-13(10)15/h3-4,7,9,12,20H,2,5-6,8H2,1H3. The quantitative estimate of drug-likeness (QED) is 0.892. The van der Waals surface area contributed by atoms with Gasteiger partial charge in [0.25, 0.3) is 0 Å². The summed E-state index contributed by atoms with van der Waals surface area (Å²) in [5, 5.41) is 14.6. The molecule has 1 aromatic carbocycles. The van der Waals surface area contributed by atoms with E-state index in [4.69, 9.17) is 11.6 Å². The predicted molar refractivity (Wildman–Crippen MR) is 75.1 cm³/mol. The molecule has 6 heteroatoms. The summed E-state index contributed by atoms with van der Waals surface area (Å²) in [6.45, 7) is 2.83. The van der Waals surface area contributed by atoms with Crippen LogP contribution >= 0.6 is 11.6 Å². The Morgan fingerprint density at radius 3 is 2.90 bits per heavy atom. The Kier molecular flexibility index (Phi) is 5.09. The summed E-state index contributed by atoms with van der Waals surface area (Å²) in [6, 6.07) is 4.19. The smallest absolute Gasteiger partial charge is 0.138 e. The zero-order valence-corrected chi connectivity index (χ0v) is 12.0. The molecule has 0 aliphatic carbocycles. The summed E-state index contributed by atoms with van der Waals surface area (Å²) in [5.41, 5.74) is 0.724. The van der Waals surface area contributed by atoms with Crippen molar-refractivity contribution in [3.05, 3.63) is 46.8 Å². The van der Waals surface area contributed by atoms with Crippen LogP contribution in [0, 0.1) is 5.82 Å². The molecule has 0 spiro atoms. The molecule has 1 N–H and O–H groups in total. The summed E-state index contributed by atoms with van der Waals surface area (Å²) >= 11 is 5.95. The number of halogens is 2. The maximum Gasteiger partial charge on any atom is 0.138 e. The second-order valence-electron chi connectivity index (χ2n) is 4.70. The predicted octanol–water partition coefficient (Wildman–Crippen LogP) is 2.63. The molecule has 1 unspecified atom stereocenters. The molecule has 0 saturated carbocycles. The van der Waals surface area contributed by atoms with Crippen LogP contribution in [0.5, 0.6) is 0 Å². The number of aliphatic hydroxyl groups excluding tert-OH is 1. The van der Waals surface area contributed by atoms with Crippen LogP contribution in [0.2, 0.25) is 5.02 Å². The van der Waals surface area contributed by atoms with Gasteiger partial charge in [0.05, 0.1) is 6.10 Å². The van der Waals surface area contributed by atoms with E-state index >= 15 is 0 Å². The van der Waals surface area contributed by atoms with Gasteiger partial charge in [-0.15, -0.1) is 0 Å². The second kappa shape index (κ2) is 6.81. The Hall–Kier alpha value is -1.46. The average molecular weight is 298 g/mol. The first-order valence-corrected chi connectivity index (χ1v) is 6.96. The van der Waals surface area contributed by atoms with E-state index < -0.39 is 6.10 Å². The highest BCUT2D eigenvalue weighted by Crippen LogP contribution is 2.19. The zero-order chi connectivity index (χ0) is 14.5. The van der Waals surface area contributed by atoms with Crippen molar-refractivity contribution in [1.82, 2.24) is 14.8 Å². The summed E-state index contributed by atoms with van der Waals surface area (Å²) in [5.74, 6) is 0.369. The number of hydrogen-bond acceptors (Lipinski definition) is 3. The van der Waals surface area contributed by atoms with E-state index in [0.717, 1.165) is 24.4 Å². The van der Waals surface area contributed by atoms with Crippen LogP contribution < -0.4 is 0 Å². The first-order valence-electron chi connectivity index (χ1n) is 6.58. The van der Waals surface area contributed by atoms with Gasteiger partial charge in [-0.1, -0.05) is 24.6 Å². The average Bonchev–Trinajstić information content (AvgIpc) is 2.81. The monoisotopic (exact) mass is 297 g/mol. The molecular formula is C14H17ClFN3O. The SMILES string of the molecule is CCCn1ncnc1CC(O)Cc1ccc(F)cc1Cl. The number of hydrogen-bond donors (Lipinski definition) is 1. The molecule has 0 aliphatic rings. The number of nitrogens with zero attached hydrogens (tertiary/aromatic N) is 3. The van der Waals surface area contributed by atoms with Crippen molar-refractivity contribution in [2.75, 3.05) is 0 Å². The van der Waals surface area contributed by atoms with E-state index in [0.29, 0.717) is 17.9 Å². The van der Waals surface area contributed by atoms with Crippen molar-refractivity contribution in [3.8, 4) is 0 Å². The molecule has 2 aromatic rings. The summed E-state index contributed by atoms with van der Waals surface area (Å²) in [4.78, 5) is 4.15. The third kappa shape index (κ3) is 3.77. The molecule has 4 nitrogen and oxygen atoms in total. The molecule has 1 heterocycles. The number of aliphatic hydroxyl groups is 1. The molecule has 0 radical (unpaired) electrons. The van der Waals surface area contributed by atoms with Crippen LogP contribution in [0.3, 0.4) is 0 Å². The van der Waals surface area contributed by atoms with E-state index in [1.54, 1.807) is 10.7 Å². The summed E-state index contributed by atoms with van der Waals surface area (Å²) in [7, 11) is 0. The van der Waals surface area contributed by atoms with Gasteiger partial charge in [0.15, 0.2) is 0 Å². The first-order chi connectivity index (χ1) is 9.60. The highest BCUT2D eigenvalue weighted by atomic mass is 35.5. The van der Waals surface area contributed by atoms with E-state index in [1.165, 1.54) is 18.5 Å². The van der Waals surface area contributed by atoms with Crippen molar-refractivity contribution in [3.63, 3.8) is 0 Å². The molecule has 0 fully saturated rings. The molecule has 0 bridgehead atoms. The van der Waals surface area contributed by atoms with Gasteiger partial charge in [-0.05, 0) is 24.1 Å². The molecule has 0 aliphatic heterocycles. The number of benzene rings is 1. The van der Waals surface area contributed by atoms with Crippen LogP contribution in [0.25, 0.3) is 0 Å². The van der Waals surface area contributed by atoms with Crippen LogP contribution in [-0.4, -0.2) is 26.0 Å². The van der Waals surface area contributed by atoms with Gasteiger partial charge in [-0.2, -0.15) is 5.10 Å². The van der Waals surface area contributed by atoms with Crippen LogP contribution in [0.1, 0.15) is 24.7 Å². The molecule has 1 atom stereocenters. The van der Waals surface area contributed by atoms with E-state index in [1.807, 2.05) is 0 Å². The molecule has 0 saturated heterocycles. The van der Waals surface area contributed by atoms with Gasteiger partial charge < -0.3 is 5.11 Å². The van der Waals surface area contributed by atoms with Crippen molar-refractivity contribution >= 4 is 11.6 Å². The van der Waals surface area contributed by atoms with Gasteiger partial charge in [-0.3, -0.25) is 4.68 Å². The third-order valence-corrected chi connectivity index (χ3v) is 3.37. The molecule has 1 aromatic heterocycles. The minimum absolute atomic E-state index is 0.332. The summed E-state index contributed by atoms with van der Waals surface area (Å²) in [6.07, 6.45) is 2.57.